The maximum absolute atomic E-state index is 12.6. The molecule has 0 radical (unpaired) electrons. The van der Waals surface area contributed by atoms with Crippen molar-refractivity contribution in [3.05, 3.63) is 49.6 Å². The maximum Gasteiger partial charge on any atom is 0.340 e. The zero-order valence-corrected chi connectivity index (χ0v) is 16.7. The molecule has 0 aliphatic carbocycles. The van der Waals surface area contributed by atoms with Gasteiger partial charge in [0.1, 0.15) is 4.83 Å². The largest absolute Gasteiger partial charge is 0.451 e. The van der Waals surface area contributed by atoms with Crippen molar-refractivity contribution in [2.45, 2.75) is 54.2 Å². The molecule has 0 bridgehead atoms. The number of thiophene rings is 1. The number of nitrogens with one attached hydrogen (secondary N) is 1. The highest BCUT2D eigenvalue weighted by atomic mass is 32.1. The molecule has 1 N–H and O–H groups in total. The van der Waals surface area contributed by atoms with Gasteiger partial charge in [0.15, 0.2) is 11.9 Å². The number of aryl methyl sites for hydroxylation is 3. The van der Waals surface area contributed by atoms with Gasteiger partial charge in [-0.3, -0.25) is 4.79 Å². The minimum Gasteiger partial charge on any atom is -0.451 e. The Morgan fingerprint density at radius 3 is 2.65 bits per heavy atom. The monoisotopic (exact) mass is 373 g/mol. The Labute approximate surface area is 155 Å². The highest BCUT2D eigenvalue weighted by Gasteiger charge is 2.22. The van der Waals surface area contributed by atoms with Gasteiger partial charge in [0, 0.05) is 22.8 Å². The van der Waals surface area contributed by atoms with Gasteiger partial charge in [0.25, 0.3) is 5.56 Å². The van der Waals surface area contributed by atoms with Gasteiger partial charge in [-0.2, -0.15) is 0 Å². The average molecular weight is 373 g/mol. The summed E-state index contributed by atoms with van der Waals surface area (Å²) in [5.74, 6) is -0.0482. The van der Waals surface area contributed by atoms with Gasteiger partial charge < -0.3 is 14.3 Å². The van der Waals surface area contributed by atoms with E-state index in [1.807, 2.05) is 40.7 Å². The van der Waals surface area contributed by atoms with Crippen molar-refractivity contribution in [1.82, 2.24) is 14.5 Å². The summed E-state index contributed by atoms with van der Waals surface area (Å²) >= 11 is 1.48. The van der Waals surface area contributed by atoms with E-state index >= 15 is 0 Å². The molecule has 7 heteroatoms. The number of carbonyl (C=O) groups excluding carboxylic acids is 1. The Bertz CT molecular complexity index is 1060. The number of aromatic nitrogens is 3. The second kappa shape index (κ2) is 6.72. The van der Waals surface area contributed by atoms with Crippen molar-refractivity contribution >= 4 is 27.5 Å². The predicted molar refractivity (Wildman–Crippen MR) is 103 cm³/mol. The van der Waals surface area contributed by atoms with E-state index in [0.717, 1.165) is 28.4 Å². The standard InChI is InChI=1S/C19H23N3O3S/c1-7-22-9(2)8-14(11(22)4)19(24)25-12(5)16-20-17(23)15-10(3)13(6)26-18(15)21-16/h8,12H,7H2,1-6H3,(H,20,21,23)/t12-/m0/s1. The number of hydrogen-bond acceptors (Lipinski definition) is 5. The van der Waals surface area contributed by atoms with Gasteiger partial charge in [0.05, 0.1) is 10.9 Å². The van der Waals surface area contributed by atoms with Crippen LogP contribution in [0.5, 0.6) is 0 Å². The summed E-state index contributed by atoms with van der Waals surface area (Å²) in [7, 11) is 0. The van der Waals surface area contributed by atoms with Crippen LogP contribution in [0.25, 0.3) is 10.2 Å². The molecule has 3 aromatic rings. The summed E-state index contributed by atoms with van der Waals surface area (Å²) < 4.78 is 7.64. The molecule has 0 aliphatic rings. The molecule has 0 amide bonds. The van der Waals surface area contributed by atoms with Crippen LogP contribution in [0.3, 0.4) is 0 Å². The molecule has 138 valence electrons. The summed E-state index contributed by atoms with van der Waals surface area (Å²) in [5, 5.41) is 0.612. The van der Waals surface area contributed by atoms with E-state index in [2.05, 4.69) is 14.5 Å². The van der Waals surface area contributed by atoms with E-state index in [0.29, 0.717) is 21.6 Å². The molecule has 0 aliphatic heterocycles. The van der Waals surface area contributed by atoms with E-state index in [-0.39, 0.29) is 5.56 Å². The number of ether oxygens (including phenoxy) is 1. The smallest absolute Gasteiger partial charge is 0.340 e. The molecule has 0 aromatic carbocycles. The normalized spacial score (nSPS) is 12.5. The molecule has 0 spiro atoms. The topological polar surface area (TPSA) is 77.0 Å². The average Bonchev–Trinajstić information content (AvgIpc) is 3.03. The lowest BCUT2D eigenvalue weighted by Crippen LogP contribution is -2.17. The molecular formula is C19H23N3O3S. The van der Waals surface area contributed by atoms with Crippen LogP contribution >= 0.6 is 11.3 Å². The zero-order valence-electron chi connectivity index (χ0n) is 15.9. The molecule has 26 heavy (non-hydrogen) atoms. The first kappa shape index (κ1) is 18.4. The number of nitrogens with zero attached hydrogens (tertiary/aromatic N) is 2. The number of hydrogen-bond donors (Lipinski definition) is 1. The van der Waals surface area contributed by atoms with Crippen molar-refractivity contribution in [3.8, 4) is 0 Å². The van der Waals surface area contributed by atoms with Crippen LogP contribution in [0.2, 0.25) is 0 Å². The van der Waals surface area contributed by atoms with Gasteiger partial charge in [-0.05, 0) is 53.2 Å². The summed E-state index contributed by atoms with van der Waals surface area (Å²) in [5.41, 5.74) is 3.19. The van der Waals surface area contributed by atoms with Crippen molar-refractivity contribution in [2.75, 3.05) is 0 Å². The molecule has 0 unspecified atom stereocenters. The van der Waals surface area contributed by atoms with Gasteiger partial charge in [-0.15, -0.1) is 11.3 Å². The molecule has 6 nitrogen and oxygen atoms in total. The number of rotatable bonds is 4. The fourth-order valence-electron chi connectivity index (χ4n) is 3.24. The molecule has 3 rings (SSSR count). The molecule has 1 atom stereocenters. The van der Waals surface area contributed by atoms with Crippen LogP contribution < -0.4 is 5.56 Å². The Balaban J connectivity index is 1.91. The fraction of sp³-hybridized carbons (Fsp3) is 0.421. The third-order valence-electron chi connectivity index (χ3n) is 4.84. The third kappa shape index (κ3) is 2.96. The lowest BCUT2D eigenvalue weighted by Gasteiger charge is -2.13. The van der Waals surface area contributed by atoms with Gasteiger partial charge >= 0.3 is 5.97 Å². The van der Waals surface area contributed by atoms with Crippen LogP contribution in [0, 0.1) is 27.7 Å². The van der Waals surface area contributed by atoms with Crippen LogP contribution in [-0.4, -0.2) is 20.5 Å². The Hall–Kier alpha value is -2.41. The minimum atomic E-state index is -0.646. The van der Waals surface area contributed by atoms with Crippen molar-refractivity contribution < 1.29 is 9.53 Å². The summed E-state index contributed by atoms with van der Waals surface area (Å²) in [4.78, 5) is 34.0. The summed E-state index contributed by atoms with van der Waals surface area (Å²) in [6.45, 7) is 12.3. The van der Waals surface area contributed by atoms with Gasteiger partial charge in [0.2, 0.25) is 0 Å². The van der Waals surface area contributed by atoms with Crippen molar-refractivity contribution in [1.29, 1.82) is 0 Å². The Morgan fingerprint density at radius 1 is 1.35 bits per heavy atom. The first-order chi connectivity index (χ1) is 12.2. The zero-order chi connectivity index (χ0) is 19.2. The SMILES string of the molecule is CCn1c(C)cc(C(=O)O[C@@H](C)c2nc3sc(C)c(C)c3c(=O)[nH]2)c1C. The predicted octanol–water partition coefficient (Wildman–Crippen LogP) is 3.96. The highest BCUT2D eigenvalue weighted by Crippen LogP contribution is 2.27. The van der Waals surface area contributed by atoms with Gasteiger partial charge in [-0.25, -0.2) is 9.78 Å². The molecule has 0 fully saturated rings. The molecule has 3 aromatic heterocycles. The van der Waals surface area contributed by atoms with Crippen LogP contribution in [-0.2, 0) is 11.3 Å². The van der Waals surface area contributed by atoms with E-state index in [1.54, 1.807) is 6.92 Å². The maximum atomic E-state index is 12.6. The van der Waals surface area contributed by atoms with Crippen LogP contribution in [0.1, 0.15) is 58.0 Å². The summed E-state index contributed by atoms with van der Waals surface area (Å²) in [6, 6.07) is 1.83. The van der Waals surface area contributed by atoms with E-state index < -0.39 is 12.1 Å². The lowest BCUT2D eigenvalue weighted by atomic mass is 10.2. The fourth-order valence-corrected chi connectivity index (χ4v) is 4.28. The second-order valence-electron chi connectivity index (χ2n) is 6.49. The van der Waals surface area contributed by atoms with Crippen LogP contribution in [0.15, 0.2) is 10.9 Å². The molecule has 0 saturated heterocycles. The first-order valence-corrected chi connectivity index (χ1v) is 9.43. The highest BCUT2D eigenvalue weighted by molar-refractivity contribution is 7.18. The van der Waals surface area contributed by atoms with Crippen molar-refractivity contribution in [2.24, 2.45) is 0 Å². The second-order valence-corrected chi connectivity index (χ2v) is 7.69. The van der Waals surface area contributed by atoms with Crippen molar-refractivity contribution in [3.63, 3.8) is 0 Å². The molecule has 3 heterocycles. The number of esters is 1. The third-order valence-corrected chi connectivity index (χ3v) is 5.94. The number of H-pyrrole nitrogens is 1. The van der Waals surface area contributed by atoms with E-state index in [4.69, 9.17) is 4.74 Å². The van der Waals surface area contributed by atoms with Crippen LogP contribution in [0.4, 0.5) is 0 Å². The number of fused-ring (bicyclic) bond motifs is 1. The lowest BCUT2D eigenvalue weighted by molar-refractivity contribution is 0.0319. The first-order valence-electron chi connectivity index (χ1n) is 8.62. The summed E-state index contributed by atoms with van der Waals surface area (Å²) in [6.07, 6.45) is -0.646. The Kier molecular flexibility index (Phi) is 4.75. The molecule has 0 saturated carbocycles. The Morgan fingerprint density at radius 2 is 2.04 bits per heavy atom. The van der Waals surface area contributed by atoms with E-state index in [9.17, 15) is 9.59 Å². The van der Waals surface area contributed by atoms with Gasteiger partial charge in [-0.1, -0.05) is 0 Å². The quantitative estimate of drug-likeness (QED) is 0.702. The number of aromatic amines is 1. The number of carbonyl (C=O) groups is 1. The molecular weight excluding hydrogens is 350 g/mol. The van der Waals surface area contributed by atoms with E-state index in [1.165, 1.54) is 11.3 Å². The minimum absolute atomic E-state index is 0.195.